The van der Waals surface area contributed by atoms with Gasteiger partial charge in [0.2, 0.25) is 0 Å². The van der Waals surface area contributed by atoms with Crippen LogP contribution in [0.3, 0.4) is 0 Å². The summed E-state index contributed by atoms with van der Waals surface area (Å²) in [7, 11) is 0. The fourth-order valence-electron chi connectivity index (χ4n) is 3.43. The monoisotopic (exact) mass is 469 g/mol. The summed E-state index contributed by atoms with van der Waals surface area (Å²) in [5.41, 5.74) is 7.01. The van der Waals surface area contributed by atoms with E-state index in [9.17, 15) is 18.4 Å². The van der Waals surface area contributed by atoms with Crippen LogP contribution < -0.4 is 16.4 Å². The SMILES string of the molecule is Nc1ccc(Cl)cc1C(=O)NC(CNC(=O)c1ccnc2[nH]ccc12)c1ccc(F)cc1F. The summed E-state index contributed by atoms with van der Waals surface area (Å²) in [4.78, 5) is 32.7. The minimum atomic E-state index is -1.02. The van der Waals surface area contributed by atoms with Crippen molar-refractivity contribution in [3.8, 4) is 0 Å². The third-order valence-corrected chi connectivity index (χ3v) is 5.31. The molecule has 0 saturated carbocycles. The molecule has 0 aliphatic heterocycles. The number of carbonyl (C=O) groups is 2. The van der Waals surface area contributed by atoms with Crippen molar-refractivity contribution in [1.82, 2.24) is 20.6 Å². The number of nitrogens with zero attached hydrogens (tertiary/aromatic N) is 1. The molecule has 168 valence electrons. The molecule has 1 atom stereocenters. The van der Waals surface area contributed by atoms with Crippen LogP contribution in [0.4, 0.5) is 14.5 Å². The first-order valence-corrected chi connectivity index (χ1v) is 10.2. The van der Waals surface area contributed by atoms with E-state index in [-0.39, 0.29) is 23.4 Å². The molecule has 10 heteroatoms. The van der Waals surface area contributed by atoms with E-state index in [1.165, 1.54) is 30.5 Å². The number of benzene rings is 2. The molecule has 0 aliphatic rings. The Balaban J connectivity index is 1.60. The maximum atomic E-state index is 14.5. The number of halogens is 3. The third kappa shape index (κ3) is 4.78. The molecule has 2 heterocycles. The van der Waals surface area contributed by atoms with E-state index in [2.05, 4.69) is 20.6 Å². The highest BCUT2D eigenvalue weighted by atomic mass is 35.5. The minimum absolute atomic E-state index is 0.00725. The molecular formula is C23H18ClF2N5O2. The highest BCUT2D eigenvalue weighted by molar-refractivity contribution is 6.31. The number of aromatic amines is 1. The van der Waals surface area contributed by atoms with Crippen molar-refractivity contribution in [1.29, 1.82) is 0 Å². The van der Waals surface area contributed by atoms with E-state index in [1.54, 1.807) is 18.3 Å². The summed E-state index contributed by atoms with van der Waals surface area (Å²) in [6.07, 6.45) is 3.13. The zero-order chi connectivity index (χ0) is 23.5. The van der Waals surface area contributed by atoms with Crippen LogP contribution in [0.5, 0.6) is 0 Å². The lowest BCUT2D eigenvalue weighted by Crippen LogP contribution is -2.38. The summed E-state index contributed by atoms with van der Waals surface area (Å²) in [5, 5.41) is 6.23. The fourth-order valence-corrected chi connectivity index (χ4v) is 3.60. The summed E-state index contributed by atoms with van der Waals surface area (Å²) in [6.45, 7) is -0.179. The molecule has 0 bridgehead atoms. The number of nitrogens with two attached hydrogens (primary N) is 1. The van der Waals surface area contributed by atoms with E-state index >= 15 is 0 Å². The Labute approximate surface area is 192 Å². The number of carbonyl (C=O) groups excluding carboxylic acids is 2. The number of H-pyrrole nitrogens is 1. The molecule has 2 aromatic heterocycles. The Hall–Kier alpha value is -3.98. The highest BCUT2D eigenvalue weighted by Gasteiger charge is 2.22. The molecule has 1 unspecified atom stereocenters. The van der Waals surface area contributed by atoms with Crippen molar-refractivity contribution >= 4 is 40.1 Å². The standard InChI is InChI=1S/C23H18ClF2N5O2/c24-12-1-4-19(27)17(9-12)23(33)31-20(16-3-2-13(25)10-18(16)26)11-30-22(32)15-6-8-29-21-14(15)5-7-28-21/h1-10,20H,11,27H2,(H,28,29)(H,30,32)(H,31,33). The molecule has 0 spiro atoms. The van der Waals surface area contributed by atoms with Gasteiger partial charge in [0.15, 0.2) is 0 Å². The van der Waals surface area contributed by atoms with Gasteiger partial charge in [-0.25, -0.2) is 13.8 Å². The van der Waals surface area contributed by atoms with Crippen LogP contribution in [-0.4, -0.2) is 28.3 Å². The van der Waals surface area contributed by atoms with Crippen LogP contribution in [-0.2, 0) is 0 Å². The first-order chi connectivity index (χ1) is 15.8. The van der Waals surface area contributed by atoms with Crippen molar-refractivity contribution in [2.75, 3.05) is 12.3 Å². The molecular weight excluding hydrogens is 452 g/mol. The Bertz CT molecular complexity index is 1360. The van der Waals surface area contributed by atoms with Gasteiger partial charge in [-0.3, -0.25) is 9.59 Å². The highest BCUT2D eigenvalue weighted by Crippen LogP contribution is 2.22. The first kappa shape index (κ1) is 22.2. The van der Waals surface area contributed by atoms with Gasteiger partial charge in [-0.1, -0.05) is 17.7 Å². The van der Waals surface area contributed by atoms with E-state index in [0.29, 0.717) is 27.7 Å². The van der Waals surface area contributed by atoms with Gasteiger partial charge < -0.3 is 21.4 Å². The lowest BCUT2D eigenvalue weighted by Gasteiger charge is -2.21. The molecule has 2 aromatic carbocycles. The molecule has 4 aromatic rings. The number of aromatic nitrogens is 2. The number of amides is 2. The maximum Gasteiger partial charge on any atom is 0.253 e. The summed E-state index contributed by atoms with van der Waals surface area (Å²) in [5.74, 6) is -2.72. The maximum absolute atomic E-state index is 14.5. The fraction of sp³-hybridized carbons (Fsp3) is 0.0870. The molecule has 0 saturated heterocycles. The second kappa shape index (κ2) is 9.25. The van der Waals surface area contributed by atoms with Crippen LogP contribution in [0.1, 0.15) is 32.3 Å². The number of anilines is 1. The molecule has 0 radical (unpaired) electrons. The zero-order valence-electron chi connectivity index (χ0n) is 17.0. The second-order valence-corrected chi connectivity index (χ2v) is 7.67. The largest absolute Gasteiger partial charge is 0.398 e. The third-order valence-electron chi connectivity index (χ3n) is 5.07. The lowest BCUT2D eigenvalue weighted by atomic mass is 10.0. The average Bonchev–Trinajstić information content (AvgIpc) is 3.27. The normalized spacial score (nSPS) is 11.8. The number of nitrogen functional groups attached to an aromatic ring is 1. The number of hydrogen-bond acceptors (Lipinski definition) is 4. The topological polar surface area (TPSA) is 113 Å². The zero-order valence-corrected chi connectivity index (χ0v) is 17.8. The minimum Gasteiger partial charge on any atom is -0.398 e. The van der Waals surface area contributed by atoms with Gasteiger partial charge in [-0.15, -0.1) is 0 Å². The van der Waals surface area contributed by atoms with Crippen LogP contribution in [0.15, 0.2) is 60.9 Å². The predicted octanol–water partition coefficient (Wildman–Crippen LogP) is 3.98. The van der Waals surface area contributed by atoms with Gasteiger partial charge in [0.25, 0.3) is 11.8 Å². The first-order valence-electron chi connectivity index (χ1n) is 9.84. The molecule has 7 nitrogen and oxygen atoms in total. The van der Waals surface area contributed by atoms with E-state index in [4.69, 9.17) is 17.3 Å². The lowest BCUT2D eigenvalue weighted by molar-refractivity contribution is 0.0909. The van der Waals surface area contributed by atoms with Gasteiger partial charge in [-0.05, 0) is 36.4 Å². The molecule has 0 aliphatic carbocycles. The number of nitrogens with one attached hydrogen (secondary N) is 3. The van der Waals surface area contributed by atoms with E-state index in [0.717, 1.165) is 6.07 Å². The molecule has 2 amide bonds. The van der Waals surface area contributed by atoms with Crippen LogP contribution in [0.2, 0.25) is 5.02 Å². The molecule has 5 N–H and O–H groups in total. The molecule has 33 heavy (non-hydrogen) atoms. The molecule has 4 rings (SSSR count). The van der Waals surface area contributed by atoms with Crippen molar-refractivity contribution in [3.05, 3.63) is 94.3 Å². The van der Waals surface area contributed by atoms with Gasteiger partial charge in [0.1, 0.15) is 17.3 Å². The van der Waals surface area contributed by atoms with Crippen molar-refractivity contribution in [2.24, 2.45) is 0 Å². The van der Waals surface area contributed by atoms with Gasteiger partial charge in [0, 0.05) is 46.7 Å². The predicted molar refractivity (Wildman–Crippen MR) is 121 cm³/mol. The van der Waals surface area contributed by atoms with Gasteiger partial charge in [-0.2, -0.15) is 0 Å². The van der Waals surface area contributed by atoms with Crippen LogP contribution in [0.25, 0.3) is 11.0 Å². The number of fused-ring (bicyclic) bond motifs is 1. The summed E-state index contributed by atoms with van der Waals surface area (Å²) < 4.78 is 28.0. The molecule has 0 fully saturated rings. The summed E-state index contributed by atoms with van der Waals surface area (Å²) in [6, 6.07) is 9.59. The number of hydrogen-bond donors (Lipinski definition) is 4. The van der Waals surface area contributed by atoms with Gasteiger partial charge in [0.05, 0.1) is 17.2 Å². The van der Waals surface area contributed by atoms with Crippen LogP contribution in [0, 0.1) is 11.6 Å². The van der Waals surface area contributed by atoms with Crippen LogP contribution >= 0.6 is 11.6 Å². The quantitative estimate of drug-likeness (QED) is 0.320. The average molecular weight is 470 g/mol. The Morgan fingerprint density at radius 2 is 1.88 bits per heavy atom. The Morgan fingerprint density at radius 1 is 1.06 bits per heavy atom. The van der Waals surface area contributed by atoms with Crippen molar-refractivity contribution < 1.29 is 18.4 Å². The van der Waals surface area contributed by atoms with E-state index < -0.39 is 29.5 Å². The van der Waals surface area contributed by atoms with Crippen molar-refractivity contribution in [2.45, 2.75) is 6.04 Å². The van der Waals surface area contributed by atoms with E-state index in [1.807, 2.05) is 0 Å². The smallest absolute Gasteiger partial charge is 0.253 e. The van der Waals surface area contributed by atoms with Crippen molar-refractivity contribution in [3.63, 3.8) is 0 Å². The summed E-state index contributed by atoms with van der Waals surface area (Å²) >= 11 is 5.96. The number of pyridine rings is 1. The Kier molecular flexibility index (Phi) is 6.23. The number of rotatable bonds is 6. The van der Waals surface area contributed by atoms with Gasteiger partial charge >= 0.3 is 0 Å². The Morgan fingerprint density at radius 3 is 2.67 bits per heavy atom. The second-order valence-electron chi connectivity index (χ2n) is 7.23.